The van der Waals surface area contributed by atoms with Gasteiger partial charge in [-0.15, -0.1) is 0 Å². The molecule has 6 heteroatoms. The van der Waals surface area contributed by atoms with E-state index in [2.05, 4.69) is 19.9 Å². The molecule has 0 amide bonds. The van der Waals surface area contributed by atoms with Crippen molar-refractivity contribution in [1.82, 2.24) is 19.9 Å². The van der Waals surface area contributed by atoms with Gasteiger partial charge >= 0.3 is 0 Å². The quantitative estimate of drug-likeness (QED) is 0.672. The van der Waals surface area contributed by atoms with Crippen molar-refractivity contribution in [2.75, 3.05) is 0 Å². The van der Waals surface area contributed by atoms with Crippen LogP contribution in [0.3, 0.4) is 0 Å². The number of nitrogens with zero attached hydrogens (tertiary/aromatic N) is 3. The van der Waals surface area contributed by atoms with E-state index < -0.39 is 0 Å². The van der Waals surface area contributed by atoms with Crippen molar-refractivity contribution >= 4 is 12.2 Å². The van der Waals surface area contributed by atoms with E-state index in [-0.39, 0.29) is 0 Å². The maximum absolute atomic E-state index is 4.93. The van der Waals surface area contributed by atoms with Crippen molar-refractivity contribution in [2.45, 2.75) is 0 Å². The highest BCUT2D eigenvalue weighted by atomic mass is 32.1. The van der Waals surface area contributed by atoms with Crippen LogP contribution in [-0.4, -0.2) is 19.9 Å². The summed E-state index contributed by atoms with van der Waals surface area (Å²) in [7, 11) is 1.82. The molecule has 0 spiro atoms. The van der Waals surface area contributed by atoms with Gasteiger partial charge in [0, 0.05) is 13.1 Å². The Balaban J connectivity index is 2.62. The Morgan fingerprint density at radius 3 is 3.00 bits per heavy atom. The highest BCUT2D eigenvalue weighted by molar-refractivity contribution is 7.71. The fraction of sp³-hybridized carbons (Fsp3) is 0.167. The second-order valence-corrected chi connectivity index (χ2v) is 2.68. The van der Waals surface area contributed by atoms with Crippen LogP contribution >= 0.6 is 12.2 Å². The van der Waals surface area contributed by atoms with E-state index in [0.717, 1.165) is 0 Å². The van der Waals surface area contributed by atoms with E-state index in [1.807, 2.05) is 7.05 Å². The predicted molar refractivity (Wildman–Crippen MR) is 43.9 cm³/mol. The van der Waals surface area contributed by atoms with Crippen LogP contribution in [0.15, 0.2) is 16.9 Å². The molecular formula is C6H6N4OS. The van der Waals surface area contributed by atoms with E-state index in [1.54, 1.807) is 10.6 Å². The lowest BCUT2D eigenvalue weighted by Gasteiger charge is -1.91. The largest absolute Gasteiger partial charge is 0.364 e. The zero-order chi connectivity index (χ0) is 8.55. The number of H-pyrrole nitrogens is 1. The van der Waals surface area contributed by atoms with E-state index in [0.29, 0.717) is 16.3 Å². The van der Waals surface area contributed by atoms with Crippen molar-refractivity contribution in [2.24, 2.45) is 7.05 Å². The Hall–Kier alpha value is -1.43. The Kier molecular flexibility index (Phi) is 1.54. The molecular weight excluding hydrogens is 176 g/mol. The van der Waals surface area contributed by atoms with E-state index >= 15 is 0 Å². The van der Waals surface area contributed by atoms with Gasteiger partial charge in [-0.1, -0.05) is 5.16 Å². The van der Waals surface area contributed by atoms with Gasteiger partial charge in [0.1, 0.15) is 6.26 Å². The van der Waals surface area contributed by atoms with Crippen molar-refractivity contribution in [3.05, 3.63) is 17.1 Å². The van der Waals surface area contributed by atoms with Crippen LogP contribution in [0.2, 0.25) is 0 Å². The van der Waals surface area contributed by atoms with Crippen molar-refractivity contribution in [1.29, 1.82) is 0 Å². The third kappa shape index (κ3) is 0.964. The molecule has 1 N–H and O–H groups in total. The molecule has 0 bridgehead atoms. The van der Waals surface area contributed by atoms with Gasteiger partial charge in [-0.3, -0.25) is 5.10 Å². The molecule has 5 nitrogen and oxygen atoms in total. The summed E-state index contributed by atoms with van der Waals surface area (Å²) in [5.74, 6) is 0.675. The van der Waals surface area contributed by atoms with Crippen molar-refractivity contribution < 1.29 is 4.52 Å². The fourth-order valence-electron chi connectivity index (χ4n) is 0.904. The molecule has 0 saturated carbocycles. The lowest BCUT2D eigenvalue weighted by molar-refractivity contribution is 0.421. The first-order valence-corrected chi connectivity index (χ1v) is 3.72. The summed E-state index contributed by atoms with van der Waals surface area (Å²) >= 11 is 4.93. The zero-order valence-electron chi connectivity index (χ0n) is 6.31. The highest BCUT2D eigenvalue weighted by Gasteiger charge is 2.07. The zero-order valence-corrected chi connectivity index (χ0v) is 7.13. The summed E-state index contributed by atoms with van der Waals surface area (Å²) < 4.78 is 6.97. The minimum Gasteiger partial charge on any atom is -0.364 e. The Morgan fingerprint density at radius 1 is 1.67 bits per heavy atom. The van der Waals surface area contributed by atoms with Crippen LogP contribution in [0.25, 0.3) is 11.5 Å². The Morgan fingerprint density at radius 2 is 2.50 bits per heavy atom. The monoisotopic (exact) mass is 182 g/mol. The summed E-state index contributed by atoms with van der Waals surface area (Å²) in [6, 6.07) is 1.73. The van der Waals surface area contributed by atoms with E-state index in [4.69, 9.17) is 12.2 Å². The summed E-state index contributed by atoms with van der Waals surface area (Å²) in [4.78, 5) is 0. The van der Waals surface area contributed by atoms with Crippen LogP contribution in [-0.2, 0) is 7.05 Å². The summed E-state index contributed by atoms with van der Waals surface area (Å²) in [5, 5.41) is 10.4. The topological polar surface area (TPSA) is 59.6 Å². The molecule has 0 aliphatic rings. The minimum absolute atomic E-state index is 0.563. The maximum atomic E-state index is 4.93. The van der Waals surface area contributed by atoms with Crippen molar-refractivity contribution in [3.8, 4) is 11.5 Å². The molecule has 2 aromatic rings. The molecule has 0 unspecified atom stereocenters. The molecule has 0 radical (unpaired) electrons. The smallest absolute Gasteiger partial charge is 0.195 e. The number of rotatable bonds is 1. The van der Waals surface area contributed by atoms with Crippen LogP contribution in [0.1, 0.15) is 0 Å². The van der Waals surface area contributed by atoms with Gasteiger partial charge in [-0.2, -0.15) is 5.10 Å². The molecule has 0 aliphatic heterocycles. The first-order chi connectivity index (χ1) is 5.79. The Labute approximate surface area is 73.0 Å². The molecule has 0 aromatic carbocycles. The summed E-state index contributed by atoms with van der Waals surface area (Å²) in [6.45, 7) is 0. The Bertz CT molecular complexity index is 427. The first-order valence-electron chi connectivity index (χ1n) is 3.31. The molecule has 0 atom stereocenters. The van der Waals surface area contributed by atoms with Crippen molar-refractivity contribution in [3.63, 3.8) is 0 Å². The van der Waals surface area contributed by atoms with Crippen LogP contribution in [0.4, 0.5) is 0 Å². The van der Waals surface area contributed by atoms with Crippen LogP contribution in [0.5, 0.6) is 0 Å². The average Bonchev–Trinajstić information content (AvgIpc) is 2.64. The third-order valence-corrected chi connectivity index (χ3v) is 1.91. The number of aromatic amines is 1. The van der Waals surface area contributed by atoms with Gasteiger partial charge in [0.05, 0.1) is 0 Å². The molecule has 12 heavy (non-hydrogen) atoms. The number of nitrogens with one attached hydrogen (secondary N) is 1. The molecule has 0 aliphatic carbocycles. The summed E-state index contributed by atoms with van der Waals surface area (Å²) in [6.07, 6.45) is 1.49. The number of hydrogen-bond donors (Lipinski definition) is 1. The third-order valence-electron chi connectivity index (χ3n) is 1.55. The fourth-order valence-corrected chi connectivity index (χ4v) is 1.04. The van der Waals surface area contributed by atoms with Gasteiger partial charge in [0.25, 0.3) is 0 Å². The van der Waals surface area contributed by atoms with Crippen LogP contribution < -0.4 is 0 Å². The second kappa shape index (κ2) is 2.56. The SMILES string of the molecule is Cn1c(-c2ccon2)n[nH]c1=S. The molecule has 2 aromatic heterocycles. The maximum Gasteiger partial charge on any atom is 0.195 e. The molecule has 0 saturated heterocycles. The minimum atomic E-state index is 0.563. The van der Waals surface area contributed by atoms with Gasteiger partial charge in [-0.05, 0) is 12.2 Å². The van der Waals surface area contributed by atoms with Gasteiger partial charge in [0.2, 0.25) is 0 Å². The van der Waals surface area contributed by atoms with Crippen LogP contribution in [0, 0.1) is 4.77 Å². The van der Waals surface area contributed by atoms with Gasteiger partial charge in [0.15, 0.2) is 16.3 Å². The predicted octanol–water partition coefficient (Wildman–Crippen LogP) is 1.13. The summed E-state index contributed by atoms with van der Waals surface area (Å²) in [5.41, 5.74) is 0.671. The second-order valence-electron chi connectivity index (χ2n) is 2.30. The van der Waals surface area contributed by atoms with E-state index in [9.17, 15) is 0 Å². The van der Waals surface area contributed by atoms with Gasteiger partial charge < -0.3 is 9.09 Å². The molecule has 2 heterocycles. The van der Waals surface area contributed by atoms with Gasteiger partial charge in [-0.25, -0.2) is 0 Å². The number of aromatic nitrogens is 4. The molecule has 62 valence electrons. The van der Waals surface area contributed by atoms with E-state index in [1.165, 1.54) is 6.26 Å². The normalized spacial score (nSPS) is 10.4. The lowest BCUT2D eigenvalue weighted by Crippen LogP contribution is -1.91. The first kappa shape index (κ1) is 7.23. The number of hydrogen-bond acceptors (Lipinski definition) is 4. The lowest BCUT2D eigenvalue weighted by atomic mass is 10.4. The highest BCUT2D eigenvalue weighted by Crippen LogP contribution is 2.12. The molecule has 2 rings (SSSR count). The average molecular weight is 182 g/mol. The standard InChI is InChI=1S/C6H6N4OS/c1-10-5(7-8-6(10)12)4-2-3-11-9-4/h2-3H,1H3,(H,8,12). The molecule has 0 fully saturated rings.